The predicted molar refractivity (Wildman–Crippen MR) is 101 cm³/mol. The molecular weight excluding hydrogens is 362 g/mol. The molecule has 8 heteroatoms. The van der Waals surface area contributed by atoms with Crippen molar-refractivity contribution >= 4 is 23.5 Å². The number of hydrogen-bond donors (Lipinski definition) is 3. The van der Waals surface area contributed by atoms with E-state index in [2.05, 4.69) is 21.9 Å². The second-order valence-corrected chi connectivity index (χ2v) is 6.57. The maximum absolute atomic E-state index is 12.7. The summed E-state index contributed by atoms with van der Waals surface area (Å²) in [6, 6.07) is 7.49. The minimum absolute atomic E-state index is 0.120. The summed E-state index contributed by atoms with van der Waals surface area (Å²) in [6.07, 6.45) is 5.65. The smallest absolute Gasteiger partial charge is 0.242 e. The summed E-state index contributed by atoms with van der Waals surface area (Å²) in [5.41, 5.74) is -0.451. The molecule has 28 heavy (non-hydrogen) atoms. The fourth-order valence-electron chi connectivity index (χ4n) is 2.65. The van der Waals surface area contributed by atoms with Crippen LogP contribution in [0.2, 0.25) is 0 Å². The average molecular weight is 385 g/mol. The van der Waals surface area contributed by atoms with Gasteiger partial charge < -0.3 is 20.7 Å². The molecule has 1 aliphatic rings. The van der Waals surface area contributed by atoms with Crippen molar-refractivity contribution in [3.05, 3.63) is 35.9 Å². The molecule has 0 radical (unpaired) electrons. The molecule has 3 N–H and O–H groups in total. The third kappa shape index (κ3) is 5.66. The van der Waals surface area contributed by atoms with Gasteiger partial charge in [-0.05, 0) is 18.9 Å². The second kappa shape index (κ2) is 9.15. The number of Topliss-reactive ketones (excluding diaryl/α,β-unsaturated/α-hetero) is 1. The van der Waals surface area contributed by atoms with Gasteiger partial charge in [0.1, 0.15) is 6.04 Å². The van der Waals surface area contributed by atoms with E-state index in [1.807, 2.05) is 30.3 Å². The van der Waals surface area contributed by atoms with Gasteiger partial charge in [-0.1, -0.05) is 36.3 Å². The molecule has 1 heterocycles. The van der Waals surface area contributed by atoms with E-state index in [1.54, 1.807) is 0 Å². The van der Waals surface area contributed by atoms with Crippen LogP contribution in [0.4, 0.5) is 0 Å². The van der Waals surface area contributed by atoms with Crippen LogP contribution in [0.25, 0.3) is 0 Å². The monoisotopic (exact) mass is 385 g/mol. The Morgan fingerprint density at radius 2 is 1.86 bits per heavy atom. The lowest BCUT2D eigenvalue weighted by atomic mass is 9.94. The van der Waals surface area contributed by atoms with Gasteiger partial charge in [0.15, 0.2) is 0 Å². The number of ketones is 1. The number of benzene rings is 1. The minimum Gasteiger partial charge on any atom is -0.348 e. The molecule has 1 aromatic rings. The van der Waals surface area contributed by atoms with E-state index in [-0.39, 0.29) is 25.5 Å². The van der Waals surface area contributed by atoms with Crippen LogP contribution in [0.15, 0.2) is 30.3 Å². The van der Waals surface area contributed by atoms with Crippen LogP contribution >= 0.6 is 0 Å². The lowest BCUT2D eigenvalue weighted by Crippen LogP contribution is -2.52. The number of amides is 3. The largest absolute Gasteiger partial charge is 0.348 e. The van der Waals surface area contributed by atoms with Gasteiger partial charge in [0.2, 0.25) is 29.1 Å². The normalized spacial score (nSPS) is 19.5. The van der Waals surface area contributed by atoms with Crippen LogP contribution in [0.3, 0.4) is 0 Å². The van der Waals surface area contributed by atoms with Crippen molar-refractivity contribution in [1.82, 2.24) is 16.0 Å². The summed E-state index contributed by atoms with van der Waals surface area (Å²) in [7, 11) is 0. The first-order chi connectivity index (χ1) is 13.3. The number of hydrogen-bond acceptors (Lipinski definition) is 5. The highest BCUT2D eigenvalue weighted by atomic mass is 16.6. The van der Waals surface area contributed by atoms with E-state index >= 15 is 0 Å². The molecule has 0 spiro atoms. The molecule has 3 amide bonds. The number of epoxide rings is 1. The molecule has 0 saturated carbocycles. The molecule has 148 valence electrons. The van der Waals surface area contributed by atoms with Crippen LogP contribution in [-0.2, 0) is 30.3 Å². The summed E-state index contributed by atoms with van der Waals surface area (Å²) in [5.74, 6) is 0.525. The molecule has 2 rings (SSSR count). The first-order valence-corrected chi connectivity index (χ1v) is 8.81. The van der Waals surface area contributed by atoms with Gasteiger partial charge >= 0.3 is 0 Å². The number of terminal acetylenes is 1. The molecule has 1 fully saturated rings. The number of carbonyl (C=O) groups excluding carboxylic acids is 4. The van der Waals surface area contributed by atoms with Crippen molar-refractivity contribution in [1.29, 1.82) is 0 Å². The highest BCUT2D eigenvalue weighted by Crippen LogP contribution is 2.29. The Morgan fingerprint density at radius 1 is 1.21 bits per heavy atom. The van der Waals surface area contributed by atoms with E-state index in [0.717, 1.165) is 5.56 Å². The van der Waals surface area contributed by atoms with Crippen molar-refractivity contribution in [3.8, 4) is 12.3 Å². The van der Waals surface area contributed by atoms with E-state index in [9.17, 15) is 19.2 Å². The van der Waals surface area contributed by atoms with E-state index in [0.29, 0.717) is 0 Å². The van der Waals surface area contributed by atoms with Crippen LogP contribution < -0.4 is 16.0 Å². The third-order valence-corrected chi connectivity index (χ3v) is 4.23. The fraction of sp³-hybridized carbons (Fsp3) is 0.400. The quantitative estimate of drug-likeness (QED) is 0.385. The summed E-state index contributed by atoms with van der Waals surface area (Å²) < 4.78 is 5.13. The van der Waals surface area contributed by atoms with Gasteiger partial charge in [-0.15, -0.1) is 6.42 Å². The van der Waals surface area contributed by atoms with Gasteiger partial charge in [0, 0.05) is 6.92 Å². The van der Waals surface area contributed by atoms with Crippen LogP contribution in [0.1, 0.15) is 19.4 Å². The molecule has 1 aromatic carbocycles. The van der Waals surface area contributed by atoms with Gasteiger partial charge in [0.25, 0.3) is 0 Å². The Labute approximate surface area is 163 Å². The van der Waals surface area contributed by atoms with Crippen molar-refractivity contribution in [2.24, 2.45) is 0 Å². The zero-order valence-corrected chi connectivity index (χ0v) is 15.8. The molecule has 0 aromatic heterocycles. The third-order valence-electron chi connectivity index (χ3n) is 4.23. The van der Waals surface area contributed by atoms with Crippen LogP contribution in [0, 0.1) is 12.3 Å². The summed E-state index contributed by atoms with van der Waals surface area (Å²) in [6.45, 7) is 2.56. The van der Waals surface area contributed by atoms with Gasteiger partial charge in [-0.2, -0.15) is 0 Å². The van der Waals surface area contributed by atoms with Gasteiger partial charge in [-0.3, -0.25) is 19.2 Å². The van der Waals surface area contributed by atoms with Gasteiger partial charge in [-0.25, -0.2) is 0 Å². The number of rotatable bonds is 9. The average Bonchev–Trinajstić information content (AvgIpc) is 3.46. The first kappa shape index (κ1) is 21.1. The lowest BCUT2D eigenvalue weighted by molar-refractivity contribution is -0.131. The highest BCUT2D eigenvalue weighted by Gasteiger charge is 2.53. The molecule has 0 unspecified atom stereocenters. The minimum atomic E-state index is -1.30. The first-order valence-electron chi connectivity index (χ1n) is 8.81. The van der Waals surface area contributed by atoms with Crippen molar-refractivity contribution < 1.29 is 23.9 Å². The number of nitrogens with one attached hydrogen (secondary N) is 3. The summed E-state index contributed by atoms with van der Waals surface area (Å²) >= 11 is 0. The maximum atomic E-state index is 12.7. The SMILES string of the molecule is C#C[C@]1(C(=O)[C@H](Cc2ccccc2)NC(=O)CNC(=O)[C@H](C)NC(C)=O)CO1. The number of ether oxygens (including phenoxy) is 1. The topological polar surface area (TPSA) is 117 Å². The zero-order chi connectivity index (χ0) is 20.7. The molecule has 0 bridgehead atoms. The van der Waals surface area contributed by atoms with Crippen LogP contribution in [0.5, 0.6) is 0 Å². The molecule has 1 saturated heterocycles. The summed E-state index contributed by atoms with van der Waals surface area (Å²) in [5, 5.41) is 7.45. The molecule has 0 aliphatic carbocycles. The Kier molecular flexibility index (Phi) is 6.90. The zero-order valence-electron chi connectivity index (χ0n) is 15.8. The fourth-order valence-corrected chi connectivity index (χ4v) is 2.65. The molecular formula is C20H23N3O5. The summed E-state index contributed by atoms with van der Waals surface area (Å²) in [4.78, 5) is 47.9. The Bertz CT molecular complexity index is 796. The highest BCUT2D eigenvalue weighted by molar-refractivity contribution is 6.00. The van der Waals surface area contributed by atoms with E-state index < -0.39 is 35.3 Å². The Balaban J connectivity index is 1.98. The van der Waals surface area contributed by atoms with Crippen molar-refractivity contribution in [2.75, 3.05) is 13.2 Å². The number of carbonyl (C=O) groups is 4. The van der Waals surface area contributed by atoms with E-state index in [4.69, 9.17) is 11.2 Å². The van der Waals surface area contributed by atoms with Gasteiger partial charge in [0.05, 0.1) is 19.2 Å². The Hall–Kier alpha value is -3.18. The predicted octanol–water partition coefficient (Wildman–Crippen LogP) is -0.674. The van der Waals surface area contributed by atoms with Crippen molar-refractivity contribution in [2.45, 2.75) is 38.0 Å². The maximum Gasteiger partial charge on any atom is 0.242 e. The standard InChI is InChI=1S/C20H23N3O5/c1-4-20(12-28-20)18(26)16(10-15-8-6-5-7-9-15)23-17(25)11-21-19(27)13(2)22-14(3)24/h1,5-9,13,16H,10-12H2,2-3H3,(H,21,27)(H,22,24)(H,23,25)/t13-,16-,20+/m0/s1. The Morgan fingerprint density at radius 3 is 2.39 bits per heavy atom. The molecule has 1 aliphatic heterocycles. The van der Waals surface area contributed by atoms with E-state index in [1.165, 1.54) is 13.8 Å². The lowest BCUT2D eigenvalue weighted by Gasteiger charge is -2.20. The molecule has 3 atom stereocenters. The molecule has 8 nitrogen and oxygen atoms in total. The second-order valence-electron chi connectivity index (χ2n) is 6.57. The van der Waals surface area contributed by atoms with Crippen LogP contribution in [-0.4, -0.2) is 54.3 Å². The van der Waals surface area contributed by atoms with Crippen molar-refractivity contribution in [3.63, 3.8) is 0 Å².